The van der Waals surface area contributed by atoms with Gasteiger partial charge in [0, 0.05) is 37.2 Å². The Morgan fingerprint density at radius 2 is 2.10 bits per heavy atom. The number of piperidine rings is 1. The number of amides is 2. The van der Waals surface area contributed by atoms with Crippen LogP contribution in [0.25, 0.3) is 12.2 Å². The summed E-state index contributed by atoms with van der Waals surface area (Å²) in [6.07, 6.45) is 8.43. The number of carbonyl (C=O) groups is 2. The number of nitrogens with one attached hydrogen (secondary N) is 1. The Bertz CT molecular complexity index is 958. The van der Waals surface area contributed by atoms with Gasteiger partial charge in [0.2, 0.25) is 18.2 Å². The molecule has 0 bridgehead atoms. The molecule has 6 nitrogen and oxygen atoms in total. The number of nitrogens with zero attached hydrogens (tertiary/aromatic N) is 3. The number of hydrogen-bond donors (Lipinski definition) is 1. The molecule has 2 amide bonds. The van der Waals surface area contributed by atoms with Crippen molar-refractivity contribution in [3.05, 3.63) is 51.6 Å². The van der Waals surface area contributed by atoms with Crippen LogP contribution < -0.4 is 5.32 Å². The maximum Gasteiger partial charge on any atom is 0.246 e. The van der Waals surface area contributed by atoms with E-state index in [9.17, 15) is 18.4 Å². The van der Waals surface area contributed by atoms with Crippen molar-refractivity contribution in [1.82, 2.24) is 14.9 Å². The van der Waals surface area contributed by atoms with Crippen LogP contribution in [0, 0.1) is 0 Å². The lowest BCUT2D eigenvalue weighted by atomic mass is 10.0. The molecule has 0 aliphatic carbocycles. The summed E-state index contributed by atoms with van der Waals surface area (Å²) in [4.78, 5) is 33.4. The van der Waals surface area contributed by atoms with E-state index in [0.717, 1.165) is 25.5 Å². The average Bonchev–Trinajstić information content (AvgIpc) is 3.25. The van der Waals surface area contributed by atoms with Crippen LogP contribution in [-0.4, -0.2) is 46.2 Å². The van der Waals surface area contributed by atoms with Crippen molar-refractivity contribution in [2.45, 2.75) is 38.5 Å². The highest BCUT2D eigenvalue weighted by atomic mass is 32.1. The van der Waals surface area contributed by atoms with Gasteiger partial charge in [-0.3, -0.25) is 9.59 Å². The van der Waals surface area contributed by atoms with Crippen LogP contribution in [0.5, 0.6) is 0 Å². The smallest absolute Gasteiger partial charge is 0.246 e. The van der Waals surface area contributed by atoms with E-state index in [1.54, 1.807) is 33.9 Å². The molecule has 1 saturated heterocycles. The van der Waals surface area contributed by atoms with Gasteiger partial charge < -0.3 is 10.2 Å². The third-order valence-electron chi connectivity index (χ3n) is 4.96. The number of hydrogen-bond acceptors (Lipinski definition) is 5. The number of carbonyl (C=O) groups excluding carboxylic acids is 2. The monoisotopic (exact) mass is 446 g/mol. The van der Waals surface area contributed by atoms with Crippen LogP contribution in [0.3, 0.4) is 0 Å². The number of alkyl halides is 2. The van der Waals surface area contributed by atoms with Crippen LogP contribution in [0.2, 0.25) is 0 Å². The van der Waals surface area contributed by atoms with Gasteiger partial charge in [-0.1, -0.05) is 5.57 Å². The molecule has 2 aromatic rings. The molecular formula is C22H24F2N4O2S. The number of thiazole rings is 1. The molecule has 164 valence electrons. The SMILES string of the molecule is CC(F)(F)CCc1cc(/C=C/C(=O)N2CCC(=Cc3cscn3)CC2)cnc1NC=O. The molecule has 3 heterocycles. The van der Waals surface area contributed by atoms with E-state index in [0.29, 0.717) is 30.6 Å². The van der Waals surface area contributed by atoms with Gasteiger partial charge in [0.25, 0.3) is 0 Å². The lowest BCUT2D eigenvalue weighted by molar-refractivity contribution is -0.126. The number of aryl methyl sites for hydroxylation is 1. The number of aromatic nitrogens is 2. The maximum absolute atomic E-state index is 13.2. The van der Waals surface area contributed by atoms with Gasteiger partial charge in [0.1, 0.15) is 5.82 Å². The highest BCUT2D eigenvalue weighted by molar-refractivity contribution is 7.07. The highest BCUT2D eigenvalue weighted by Crippen LogP contribution is 2.24. The fourth-order valence-electron chi connectivity index (χ4n) is 3.28. The molecular weight excluding hydrogens is 422 g/mol. The molecule has 0 atom stereocenters. The zero-order valence-electron chi connectivity index (χ0n) is 17.2. The Hall–Kier alpha value is -2.94. The first-order valence-corrected chi connectivity index (χ1v) is 10.9. The molecule has 0 aromatic carbocycles. The fraction of sp³-hybridized carbons (Fsp3) is 0.364. The molecule has 1 N–H and O–H groups in total. The largest absolute Gasteiger partial charge is 0.339 e. The Kier molecular flexibility index (Phi) is 7.62. The van der Waals surface area contributed by atoms with Crippen LogP contribution in [0.15, 0.2) is 34.8 Å². The van der Waals surface area contributed by atoms with Gasteiger partial charge in [-0.05, 0) is 55.5 Å². The van der Waals surface area contributed by atoms with Crippen LogP contribution in [-0.2, 0) is 16.0 Å². The molecule has 0 unspecified atom stereocenters. The molecule has 3 rings (SSSR count). The Morgan fingerprint density at radius 3 is 2.74 bits per heavy atom. The van der Waals surface area contributed by atoms with Crippen molar-refractivity contribution in [3.8, 4) is 0 Å². The lowest BCUT2D eigenvalue weighted by Crippen LogP contribution is -2.35. The minimum atomic E-state index is -2.82. The molecule has 1 fully saturated rings. The Balaban J connectivity index is 1.61. The number of pyridine rings is 1. The summed E-state index contributed by atoms with van der Waals surface area (Å²) in [6, 6.07) is 1.67. The summed E-state index contributed by atoms with van der Waals surface area (Å²) in [5, 5.41) is 4.42. The number of anilines is 1. The first-order valence-electron chi connectivity index (χ1n) is 9.95. The predicted molar refractivity (Wildman–Crippen MR) is 118 cm³/mol. The average molecular weight is 447 g/mol. The van der Waals surface area contributed by atoms with E-state index in [1.165, 1.54) is 17.8 Å². The fourth-order valence-corrected chi connectivity index (χ4v) is 3.80. The van der Waals surface area contributed by atoms with Crippen molar-refractivity contribution >= 4 is 41.6 Å². The molecule has 31 heavy (non-hydrogen) atoms. The summed E-state index contributed by atoms with van der Waals surface area (Å²) in [7, 11) is 0. The third kappa shape index (κ3) is 7.06. The Labute approximate surface area is 183 Å². The van der Waals surface area contributed by atoms with Crippen LogP contribution >= 0.6 is 11.3 Å². The van der Waals surface area contributed by atoms with Gasteiger partial charge in [-0.15, -0.1) is 11.3 Å². The molecule has 1 aliphatic heterocycles. The molecule has 9 heteroatoms. The van der Waals surface area contributed by atoms with Crippen molar-refractivity contribution in [1.29, 1.82) is 0 Å². The normalized spacial score (nSPS) is 14.7. The summed E-state index contributed by atoms with van der Waals surface area (Å²) in [5.41, 5.74) is 5.14. The van der Waals surface area contributed by atoms with Crippen molar-refractivity contribution < 1.29 is 18.4 Å². The Morgan fingerprint density at radius 1 is 1.32 bits per heavy atom. The van der Waals surface area contributed by atoms with Crippen LogP contribution in [0.4, 0.5) is 14.6 Å². The van der Waals surface area contributed by atoms with Gasteiger partial charge in [-0.25, -0.2) is 18.7 Å². The molecule has 0 saturated carbocycles. The summed E-state index contributed by atoms with van der Waals surface area (Å²) < 4.78 is 26.5. The zero-order chi connectivity index (χ0) is 22.3. The van der Waals surface area contributed by atoms with E-state index in [1.807, 2.05) is 5.38 Å². The number of halogens is 2. The van der Waals surface area contributed by atoms with E-state index in [2.05, 4.69) is 21.4 Å². The lowest BCUT2D eigenvalue weighted by Gasteiger charge is -2.27. The van der Waals surface area contributed by atoms with Gasteiger partial charge in [0.05, 0.1) is 11.2 Å². The number of likely N-dealkylation sites (tertiary alicyclic amines) is 1. The van der Waals surface area contributed by atoms with Crippen molar-refractivity contribution in [3.63, 3.8) is 0 Å². The number of rotatable bonds is 8. The van der Waals surface area contributed by atoms with E-state index < -0.39 is 5.92 Å². The second-order valence-electron chi connectivity index (χ2n) is 7.48. The predicted octanol–water partition coefficient (Wildman–Crippen LogP) is 4.41. The van der Waals surface area contributed by atoms with E-state index >= 15 is 0 Å². The van der Waals surface area contributed by atoms with Gasteiger partial charge in [0.15, 0.2) is 0 Å². The molecule has 2 aromatic heterocycles. The van der Waals surface area contributed by atoms with Crippen molar-refractivity contribution in [2.24, 2.45) is 0 Å². The van der Waals surface area contributed by atoms with E-state index in [4.69, 9.17) is 0 Å². The first-order chi connectivity index (χ1) is 14.8. The van der Waals surface area contributed by atoms with Crippen LogP contribution in [0.1, 0.15) is 43.0 Å². The standard InChI is InChI=1S/C22H24F2N4O2S/c1-22(23,24)7-4-18-10-17(12-25-21(18)26-14-29)2-3-20(30)28-8-5-16(6-9-28)11-19-13-31-15-27-19/h2-3,10-15H,4-9H2,1H3,(H,25,26,29)/b3-2+. The zero-order valence-corrected chi connectivity index (χ0v) is 18.0. The second-order valence-corrected chi connectivity index (χ2v) is 8.20. The second kappa shape index (κ2) is 10.4. The molecule has 0 spiro atoms. The molecule has 0 radical (unpaired) electrons. The summed E-state index contributed by atoms with van der Waals surface area (Å²) in [5.74, 6) is -2.68. The van der Waals surface area contributed by atoms with Crippen molar-refractivity contribution in [2.75, 3.05) is 18.4 Å². The van der Waals surface area contributed by atoms with E-state index in [-0.39, 0.29) is 24.6 Å². The maximum atomic E-state index is 13.2. The summed E-state index contributed by atoms with van der Waals surface area (Å²) >= 11 is 1.55. The third-order valence-corrected chi connectivity index (χ3v) is 5.56. The van der Waals surface area contributed by atoms with Gasteiger partial charge in [-0.2, -0.15) is 0 Å². The minimum Gasteiger partial charge on any atom is -0.339 e. The minimum absolute atomic E-state index is 0.0581. The first kappa shape index (κ1) is 22.7. The van der Waals surface area contributed by atoms with Gasteiger partial charge >= 0.3 is 0 Å². The summed E-state index contributed by atoms with van der Waals surface area (Å²) in [6.45, 7) is 2.12. The quantitative estimate of drug-likeness (QED) is 0.481. The highest BCUT2D eigenvalue weighted by Gasteiger charge is 2.22. The topological polar surface area (TPSA) is 75.2 Å². The molecule has 1 aliphatic rings.